The summed E-state index contributed by atoms with van der Waals surface area (Å²) in [7, 11) is -1.42. The number of sulfonamides is 1. The van der Waals surface area contributed by atoms with Crippen molar-refractivity contribution in [3.63, 3.8) is 0 Å². The van der Waals surface area contributed by atoms with E-state index in [-0.39, 0.29) is 12.6 Å². The summed E-state index contributed by atoms with van der Waals surface area (Å²) in [6.45, 7) is 1.83. The van der Waals surface area contributed by atoms with E-state index in [4.69, 9.17) is 5.11 Å². The van der Waals surface area contributed by atoms with Gasteiger partial charge in [0.1, 0.15) is 4.21 Å². The first-order valence-corrected chi connectivity index (χ1v) is 8.71. The SMILES string of the molecule is CN1CCCC(NS(=O)(=O)c2ccc(CCO)s2)C1. The molecule has 0 radical (unpaired) electrons. The molecule has 0 aliphatic carbocycles. The fourth-order valence-electron chi connectivity index (χ4n) is 2.29. The maximum atomic E-state index is 12.2. The molecule has 1 unspecified atom stereocenters. The molecule has 1 atom stereocenters. The van der Waals surface area contributed by atoms with E-state index in [2.05, 4.69) is 9.62 Å². The van der Waals surface area contributed by atoms with Crippen molar-refractivity contribution in [3.05, 3.63) is 17.0 Å². The summed E-state index contributed by atoms with van der Waals surface area (Å²) in [5.41, 5.74) is 0. The molecular formula is C12H20N2O3S2. The zero-order valence-corrected chi connectivity index (χ0v) is 12.6. The summed E-state index contributed by atoms with van der Waals surface area (Å²) >= 11 is 1.23. The van der Waals surface area contributed by atoms with E-state index in [1.54, 1.807) is 12.1 Å². The van der Waals surface area contributed by atoms with Crippen LogP contribution >= 0.6 is 11.3 Å². The molecule has 1 fully saturated rings. The number of aliphatic hydroxyl groups is 1. The van der Waals surface area contributed by atoms with Gasteiger partial charge in [0, 0.05) is 30.5 Å². The molecule has 0 amide bonds. The lowest BCUT2D eigenvalue weighted by Gasteiger charge is -2.29. The number of thiophene rings is 1. The van der Waals surface area contributed by atoms with Crippen molar-refractivity contribution in [2.45, 2.75) is 29.5 Å². The van der Waals surface area contributed by atoms with Crippen LogP contribution in [0.2, 0.25) is 0 Å². The summed E-state index contributed by atoms with van der Waals surface area (Å²) < 4.78 is 27.6. The third-order valence-corrected chi connectivity index (χ3v) is 6.36. The van der Waals surface area contributed by atoms with Crippen LogP contribution in [0, 0.1) is 0 Å². The van der Waals surface area contributed by atoms with Crippen LogP contribution in [0.1, 0.15) is 17.7 Å². The van der Waals surface area contributed by atoms with E-state index in [9.17, 15) is 8.42 Å². The van der Waals surface area contributed by atoms with Gasteiger partial charge in [-0.1, -0.05) is 0 Å². The molecule has 0 spiro atoms. The second kappa shape index (κ2) is 6.32. The second-order valence-electron chi connectivity index (χ2n) is 4.92. The fourth-order valence-corrected chi connectivity index (χ4v) is 4.91. The van der Waals surface area contributed by atoms with E-state index < -0.39 is 10.0 Å². The van der Waals surface area contributed by atoms with Crippen LogP contribution in [0.3, 0.4) is 0 Å². The molecule has 108 valence electrons. The number of nitrogens with zero attached hydrogens (tertiary/aromatic N) is 1. The maximum Gasteiger partial charge on any atom is 0.250 e. The van der Waals surface area contributed by atoms with Crippen molar-refractivity contribution in [1.82, 2.24) is 9.62 Å². The van der Waals surface area contributed by atoms with Crippen LogP contribution in [0.25, 0.3) is 0 Å². The van der Waals surface area contributed by atoms with Gasteiger partial charge >= 0.3 is 0 Å². The van der Waals surface area contributed by atoms with Gasteiger partial charge in [0.25, 0.3) is 0 Å². The summed E-state index contributed by atoms with van der Waals surface area (Å²) in [5.74, 6) is 0. The van der Waals surface area contributed by atoms with E-state index in [0.29, 0.717) is 10.6 Å². The summed E-state index contributed by atoms with van der Waals surface area (Å²) in [5, 5.41) is 8.86. The average molecular weight is 304 g/mol. The molecule has 1 aromatic rings. The van der Waals surface area contributed by atoms with Gasteiger partial charge in [0.05, 0.1) is 0 Å². The van der Waals surface area contributed by atoms with Gasteiger partial charge in [0.15, 0.2) is 0 Å². The Bertz CT molecular complexity index is 513. The Hall–Kier alpha value is -0.470. The first-order valence-electron chi connectivity index (χ1n) is 6.42. The number of rotatable bonds is 5. The number of piperidine rings is 1. The first kappa shape index (κ1) is 14.9. The predicted molar refractivity (Wildman–Crippen MR) is 75.9 cm³/mol. The number of likely N-dealkylation sites (N-methyl/N-ethyl adjacent to an activating group) is 1. The Kier molecular flexibility index (Phi) is 4.97. The second-order valence-corrected chi connectivity index (χ2v) is 8.03. The van der Waals surface area contributed by atoms with Crippen molar-refractivity contribution in [2.75, 3.05) is 26.7 Å². The van der Waals surface area contributed by atoms with Crippen molar-refractivity contribution in [2.24, 2.45) is 0 Å². The standard InChI is InChI=1S/C12H20N2O3S2/c1-14-7-2-3-10(9-14)13-19(16,17)12-5-4-11(18-12)6-8-15/h4-5,10,13,15H,2-3,6-9H2,1H3. The summed E-state index contributed by atoms with van der Waals surface area (Å²) in [6, 6.07) is 3.37. The molecule has 19 heavy (non-hydrogen) atoms. The van der Waals surface area contributed by atoms with Gasteiger partial charge in [-0.2, -0.15) is 0 Å². The molecule has 5 nitrogen and oxygen atoms in total. The highest BCUT2D eigenvalue weighted by atomic mass is 32.2. The van der Waals surface area contributed by atoms with Crippen LogP contribution in [0.15, 0.2) is 16.3 Å². The Morgan fingerprint density at radius 3 is 3.00 bits per heavy atom. The van der Waals surface area contributed by atoms with Crippen molar-refractivity contribution in [1.29, 1.82) is 0 Å². The van der Waals surface area contributed by atoms with Gasteiger partial charge < -0.3 is 10.0 Å². The predicted octanol–water partition coefficient (Wildman–Crippen LogP) is 0.655. The summed E-state index contributed by atoms with van der Waals surface area (Å²) in [6.07, 6.45) is 2.41. The Morgan fingerprint density at radius 1 is 1.53 bits per heavy atom. The van der Waals surface area contributed by atoms with Gasteiger partial charge in [-0.05, 0) is 38.6 Å². The number of hydrogen-bond donors (Lipinski definition) is 2. The lowest BCUT2D eigenvalue weighted by atomic mass is 10.1. The topological polar surface area (TPSA) is 69.6 Å². The molecule has 7 heteroatoms. The van der Waals surface area contributed by atoms with Gasteiger partial charge in [-0.15, -0.1) is 11.3 Å². The van der Waals surface area contributed by atoms with Crippen LogP contribution in [-0.2, 0) is 16.4 Å². The molecular weight excluding hydrogens is 284 g/mol. The number of hydrogen-bond acceptors (Lipinski definition) is 5. The highest BCUT2D eigenvalue weighted by Crippen LogP contribution is 2.22. The van der Waals surface area contributed by atoms with Crippen molar-refractivity contribution in [3.8, 4) is 0 Å². The number of likely N-dealkylation sites (tertiary alicyclic amines) is 1. The minimum absolute atomic E-state index is 0.00728. The first-order chi connectivity index (χ1) is 9.01. The maximum absolute atomic E-state index is 12.2. The quantitative estimate of drug-likeness (QED) is 0.838. The third kappa shape index (κ3) is 4.00. The highest BCUT2D eigenvalue weighted by molar-refractivity contribution is 7.91. The molecule has 1 saturated heterocycles. The average Bonchev–Trinajstić information content (AvgIpc) is 2.78. The number of aliphatic hydroxyl groups excluding tert-OH is 1. The molecule has 0 aromatic carbocycles. The molecule has 0 bridgehead atoms. The van der Waals surface area contributed by atoms with Crippen LogP contribution in [0.5, 0.6) is 0 Å². The molecule has 2 rings (SSSR count). The highest BCUT2D eigenvalue weighted by Gasteiger charge is 2.24. The number of nitrogens with one attached hydrogen (secondary N) is 1. The Balaban J connectivity index is 2.04. The Morgan fingerprint density at radius 2 is 2.32 bits per heavy atom. The minimum Gasteiger partial charge on any atom is -0.396 e. The van der Waals surface area contributed by atoms with E-state index in [1.165, 1.54) is 11.3 Å². The van der Waals surface area contributed by atoms with Crippen LogP contribution in [-0.4, -0.2) is 51.2 Å². The molecule has 0 saturated carbocycles. The molecule has 2 heterocycles. The zero-order valence-electron chi connectivity index (χ0n) is 11.0. The van der Waals surface area contributed by atoms with Crippen LogP contribution < -0.4 is 4.72 Å². The molecule has 1 aliphatic rings. The fraction of sp³-hybridized carbons (Fsp3) is 0.667. The lowest BCUT2D eigenvalue weighted by Crippen LogP contribution is -2.46. The minimum atomic E-state index is -3.42. The zero-order chi connectivity index (χ0) is 13.9. The van der Waals surface area contributed by atoms with E-state index >= 15 is 0 Å². The normalized spacial score (nSPS) is 21.7. The van der Waals surface area contributed by atoms with E-state index in [0.717, 1.165) is 30.8 Å². The molecule has 2 N–H and O–H groups in total. The summed E-state index contributed by atoms with van der Waals surface area (Å²) in [4.78, 5) is 3.03. The van der Waals surface area contributed by atoms with Gasteiger partial charge in [-0.3, -0.25) is 0 Å². The lowest BCUT2D eigenvalue weighted by molar-refractivity contribution is 0.242. The third-order valence-electron chi connectivity index (χ3n) is 3.21. The van der Waals surface area contributed by atoms with Gasteiger partial charge in [0.2, 0.25) is 10.0 Å². The van der Waals surface area contributed by atoms with Crippen molar-refractivity contribution < 1.29 is 13.5 Å². The van der Waals surface area contributed by atoms with E-state index in [1.807, 2.05) is 7.05 Å². The molecule has 1 aromatic heterocycles. The van der Waals surface area contributed by atoms with Gasteiger partial charge in [-0.25, -0.2) is 13.1 Å². The Labute approximate surface area is 118 Å². The van der Waals surface area contributed by atoms with Crippen molar-refractivity contribution >= 4 is 21.4 Å². The monoisotopic (exact) mass is 304 g/mol. The van der Waals surface area contributed by atoms with Crippen LogP contribution in [0.4, 0.5) is 0 Å². The molecule has 1 aliphatic heterocycles. The smallest absolute Gasteiger partial charge is 0.250 e. The largest absolute Gasteiger partial charge is 0.396 e.